The third kappa shape index (κ3) is 4.82. The van der Waals surface area contributed by atoms with Crippen LogP contribution in [0.15, 0.2) is 36.1 Å². The number of nitrogens with one attached hydrogen (secondary N) is 1. The van der Waals surface area contributed by atoms with E-state index in [0.717, 1.165) is 12.3 Å². The molecule has 0 radical (unpaired) electrons. The highest BCUT2D eigenvalue weighted by Crippen LogP contribution is 2.47. The van der Waals surface area contributed by atoms with E-state index in [0.29, 0.717) is 5.92 Å². The van der Waals surface area contributed by atoms with Crippen molar-refractivity contribution in [2.75, 3.05) is 0 Å². The maximum atomic E-state index is 5.17. The number of fused-ring (bicyclic) bond motifs is 1. The van der Waals surface area contributed by atoms with Crippen LogP contribution in [0, 0.1) is 5.92 Å². The van der Waals surface area contributed by atoms with E-state index in [1.807, 2.05) is 17.5 Å². The molecule has 0 bridgehead atoms. The number of rotatable bonds is 6. The first-order chi connectivity index (χ1) is 15.8. The van der Waals surface area contributed by atoms with Gasteiger partial charge in [0.1, 0.15) is 0 Å². The number of benzene rings is 1. The first kappa shape index (κ1) is 22.8. The molecule has 1 aromatic carbocycles. The minimum absolute atomic E-state index is 0.246. The van der Waals surface area contributed by atoms with Gasteiger partial charge in [-0.15, -0.1) is 11.3 Å². The van der Waals surface area contributed by atoms with Crippen LogP contribution in [0.3, 0.4) is 0 Å². The summed E-state index contributed by atoms with van der Waals surface area (Å²) in [4.78, 5) is 12.5. The average molecular weight is 462 g/mol. The molecule has 0 atom stereocenters. The Hall–Kier alpha value is -1.94. The molecule has 2 aromatic heterocycles. The van der Waals surface area contributed by atoms with Crippen molar-refractivity contribution >= 4 is 11.3 Å². The van der Waals surface area contributed by atoms with E-state index in [1.54, 1.807) is 6.33 Å². The van der Waals surface area contributed by atoms with Crippen molar-refractivity contribution < 1.29 is 0 Å². The molecule has 33 heavy (non-hydrogen) atoms. The van der Waals surface area contributed by atoms with Gasteiger partial charge in [-0.3, -0.25) is 0 Å². The topological polar surface area (TPSA) is 41.6 Å². The third-order valence-corrected chi connectivity index (χ3v) is 9.49. The van der Waals surface area contributed by atoms with Gasteiger partial charge in [-0.2, -0.15) is 0 Å². The average Bonchev–Trinajstić information content (AvgIpc) is 3.50. The number of thiazole rings is 1. The molecule has 0 aliphatic heterocycles. The molecule has 0 unspecified atom stereocenters. The fraction of sp³-hybridized carbons (Fsp3) is 0.586. The van der Waals surface area contributed by atoms with E-state index >= 15 is 0 Å². The minimum atomic E-state index is 0.246. The van der Waals surface area contributed by atoms with Crippen LogP contribution < -0.4 is 0 Å². The lowest BCUT2D eigenvalue weighted by molar-refractivity contribution is 0.304. The van der Waals surface area contributed by atoms with E-state index in [1.165, 1.54) is 84.5 Å². The summed E-state index contributed by atoms with van der Waals surface area (Å²) in [5.41, 5.74) is 7.33. The molecule has 0 saturated heterocycles. The van der Waals surface area contributed by atoms with E-state index in [-0.39, 0.29) is 10.8 Å². The van der Waals surface area contributed by atoms with Gasteiger partial charge >= 0.3 is 0 Å². The molecule has 2 heterocycles. The molecule has 1 fully saturated rings. The lowest BCUT2D eigenvalue weighted by atomic mass is 9.63. The van der Waals surface area contributed by atoms with Crippen LogP contribution in [0.25, 0.3) is 11.3 Å². The molecular formula is C29H39N3S. The summed E-state index contributed by atoms with van der Waals surface area (Å²) in [6.45, 7) is 9.61. The van der Waals surface area contributed by atoms with E-state index < -0.39 is 0 Å². The van der Waals surface area contributed by atoms with Crippen LogP contribution in [-0.2, 0) is 17.3 Å². The van der Waals surface area contributed by atoms with Crippen LogP contribution in [0.4, 0.5) is 0 Å². The standard InChI is InChI=1S/C29H39N3S/c1-28(2)14-15-29(3,4)25-16-22(12-13-24(25)28)26-18-33-27(32-26)21-10-8-20(9-11-21)6-5-7-23-17-30-19-31-23/h12-13,16-21H,5-11,14-15H2,1-4H3,(H,30,31). The summed E-state index contributed by atoms with van der Waals surface area (Å²) in [7, 11) is 0. The van der Waals surface area contributed by atoms with E-state index in [4.69, 9.17) is 4.98 Å². The second kappa shape index (κ2) is 9.02. The van der Waals surface area contributed by atoms with Crippen LogP contribution in [0.5, 0.6) is 0 Å². The maximum absolute atomic E-state index is 5.17. The smallest absolute Gasteiger partial charge is 0.0963 e. The Kier molecular flexibility index (Phi) is 6.24. The van der Waals surface area contributed by atoms with Gasteiger partial charge in [-0.25, -0.2) is 9.97 Å². The van der Waals surface area contributed by atoms with Gasteiger partial charge in [-0.05, 0) is 85.3 Å². The van der Waals surface area contributed by atoms with E-state index in [9.17, 15) is 0 Å². The van der Waals surface area contributed by atoms with Gasteiger partial charge < -0.3 is 4.98 Å². The zero-order chi connectivity index (χ0) is 23.1. The number of aromatic amines is 1. The Morgan fingerprint density at radius 3 is 2.48 bits per heavy atom. The molecule has 4 heteroatoms. The van der Waals surface area contributed by atoms with Crippen LogP contribution in [0.2, 0.25) is 0 Å². The molecule has 0 amide bonds. The quantitative estimate of drug-likeness (QED) is 0.402. The molecular weight excluding hydrogens is 422 g/mol. The number of hydrogen-bond donors (Lipinski definition) is 1. The summed E-state index contributed by atoms with van der Waals surface area (Å²) >= 11 is 1.88. The highest BCUT2D eigenvalue weighted by atomic mass is 32.1. The highest BCUT2D eigenvalue weighted by molar-refractivity contribution is 7.10. The third-order valence-electron chi connectivity index (χ3n) is 8.48. The van der Waals surface area contributed by atoms with Crippen molar-refractivity contribution in [3.63, 3.8) is 0 Å². The fourth-order valence-corrected chi connectivity index (χ4v) is 7.06. The van der Waals surface area contributed by atoms with Crippen LogP contribution in [0.1, 0.15) is 107 Å². The van der Waals surface area contributed by atoms with E-state index in [2.05, 4.69) is 61.2 Å². The van der Waals surface area contributed by atoms with Crippen molar-refractivity contribution in [3.8, 4) is 11.3 Å². The molecule has 3 aromatic rings. The number of aryl methyl sites for hydroxylation is 1. The van der Waals surface area contributed by atoms with Gasteiger partial charge in [0.05, 0.1) is 17.0 Å². The minimum Gasteiger partial charge on any atom is -0.348 e. The molecule has 176 valence electrons. The molecule has 1 N–H and O–H groups in total. The zero-order valence-electron chi connectivity index (χ0n) is 20.8. The number of nitrogens with zero attached hydrogens (tertiary/aromatic N) is 2. The van der Waals surface area contributed by atoms with Gasteiger partial charge in [0, 0.05) is 28.8 Å². The molecule has 0 spiro atoms. The van der Waals surface area contributed by atoms with Crippen molar-refractivity contribution in [3.05, 3.63) is 57.9 Å². The summed E-state index contributed by atoms with van der Waals surface area (Å²) in [5.74, 6) is 1.54. The van der Waals surface area contributed by atoms with Crippen molar-refractivity contribution in [2.45, 2.75) is 102 Å². The predicted molar refractivity (Wildman–Crippen MR) is 139 cm³/mol. The summed E-state index contributed by atoms with van der Waals surface area (Å²) < 4.78 is 0. The van der Waals surface area contributed by atoms with Gasteiger partial charge in [0.2, 0.25) is 0 Å². The first-order valence-corrected chi connectivity index (χ1v) is 13.8. The summed E-state index contributed by atoms with van der Waals surface area (Å²) in [6.07, 6.45) is 15.3. The van der Waals surface area contributed by atoms with Gasteiger partial charge in [-0.1, -0.05) is 46.2 Å². The Labute approximate surface area is 203 Å². The Balaban J connectivity index is 1.22. The summed E-state index contributed by atoms with van der Waals surface area (Å²) in [5, 5.41) is 3.66. The van der Waals surface area contributed by atoms with Crippen LogP contribution in [-0.4, -0.2) is 15.0 Å². The second-order valence-electron chi connectivity index (χ2n) is 11.8. The zero-order valence-corrected chi connectivity index (χ0v) is 21.6. The Morgan fingerprint density at radius 1 is 1.00 bits per heavy atom. The molecule has 2 aliphatic rings. The van der Waals surface area contributed by atoms with Crippen molar-refractivity contribution in [1.29, 1.82) is 0 Å². The fourth-order valence-electron chi connectivity index (χ4n) is 6.06. The largest absolute Gasteiger partial charge is 0.348 e. The Bertz CT molecular complexity index is 1070. The maximum Gasteiger partial charge on any atom is 0.0963 e. The summed E-state index contributed by atoms with van der Waals surface area (Å²) in [6, 6.07) is 7.15. The molecule has 3 nitrogen and oxygen atoms in total. The SMILES string of the molecule is CC1(C)CCC(C)(C)c2cc(-c3csc(C4CCC(CCCc5cnc[nH]5)CC4)n3)ccc21. The highest BCUT2D eigenvalue weighted by Gasteiger charge is 2.37. The predicted octanol–water partition coefficient (Wildman–Crippen LogP) is 8.18. The van der Waals surface area contributed by atoms with Crippen LogP contribution >= 0.6 is 11.3 Å². The number of H-pyrrole nitrogens is 1. The number of imidazole rings is 1. The second-order valence-corrected chi connectivity index (χ2v) is 12.7. The lowest BCUT2D eigenvalue weighted by Crippen LogP contribution is -2.33. The molecule has 2 aliphatic carbocycles. The van der Waals surface area contributed by atoms with Crippen molar-refractivity contribution in [1.82, 2.24) is 15.0 Å². The van der Waals surface area contributed by atoms with Crippen molar-refractivity contribution in [2.24, 2.45) is 5.92 Å². The molecule has 5 rings (SSSR count). The first-order valence-electron chi connectivity index (χ1n) is 12.9. The lowest BCUT2D eigenvalue weighted by Gasteiger charge is -2.42. The normalized spacial score (nSPS) is 23.9. The molecule has 1 saturated carbocycles. The number of hydrogen-bond acceptors (Lipinski definition) is 3. The van der Waals surface area contributed by atoms with Gasteiger partial charge in [0.25, 0.3) is 0 Å². The van der Waals surface area contributed by atoms with Gasteiger partial charge in [0.15, 0.2) is 0 Å². The Morgan fingerprint density at radius 2 is 1.76 bits per heavy atom. The monoisotopic (exact) mass is 461 g/mol. The number of aromatic nitrogens is 3.